The summed E-state index contributed by atoms with van der Waals surface area (Å²) in [6.07, 6.45) is 4.03. The van der Waals surface area contributed by atoms with E-state index in [9.17, 15) is 0 Å². The van der Waals surface area contributed by atoms with Crippen LogP contribution in [-0.4, -0.2) is 0 Å². The van der Waals surface area contributed by atoms with Crippen molar-refractivity contribution in [2.75, 3.05) is 0 Å². The molecule has 0 saturated carbocycles. The Bertz CT molecular complexity index is 271. The fourth-order valence-electron chi connectivity index (χ4n) is 0.932. The molecule has 0 aliphatic carbocycles. The van der Waals surface area contributed by atoms with Gasteiger partial charge in [0, 0.05) is 11.1 Å². The number of nitrogens with one attached hydrogen (secondary N) is 1. The molecule has 0 radical (unpaired) electrons. The normalized spacial score (nSPS) is 12.7. The van der Waals surface area contributed by atoms with Gasteiger partial charge in [0.05, 0.1) is 0 Å². The topological polar surface area (TPSA) is 47.0 Å². The first kappa shape index (κ1) is 8.17. The van der Waals surface area contributed by atoms with Crippen LogP contribution in [0, 0.1) is 0 Å². The molecular formula is C8H10N2S. The number of rotatable bonds is 0. The van der Waals surface area contributed by atoms with Gasteiger partial charge in [-0.2, -0.15) is 0 Å². The van der Waals surface area contributed by atoms with Gasteiger partial charge in [-0.25, -0.2) is 0 Å². The quantitative estimate of drug-likeness (QED) is 0.582. The van der Waals surface area contributed by atoms with Crippen molar-refractivity contribution in [1.82, 2.24) is 10.9 Å². The van der Waals surface area contributed by atoms with Gasteiger partial charge in [0.2, 0.25) is 0 Å². The summed E-state index contributed by atoms with van der Waals surface area (Å²) in [7, 11) is 0. The van der Waals surface area contributed by atoms with Crippen LogP contribution in [0.4, 0.5) is 0 Å². The van der Waals surface area contributed by atoms with E-state index in [4.69, 9.17) is 0 Å². The van der Waals surface area contributed by atoms with Crippen molar-refractivity contribution in [2.45, 2.75) is 4.90 Å². The molecule has 58 valence electrons. The van der Waals surface area contributed by atoms with Gasteiger partial charge in [0.15, 0.2) is 0 Å². The van der Waals surface area contributed by atoms with Crippen molar-refractivity contribution in [3.05, 3.63) is 36.0 Å². The molecule has 0 saturated heterocycles. The molecule has 0 atom stereocenters. The minimum atomic E-state index is 0. The molecule has 1 aliphatic rings. The summed E-state index contributed by atoms with van der Waals surface area (Å²) in [6, 6.07) is 8.32. The van der Waals surface area contributed by atoms with Crippen molar-refractivity contribution < 1.29 is 0 Å². The summed E-state index contributed by atoms with van der Waals surface area (Å²) in [4.78, 5) is 1.30. The van der Waals surface area contributed by atoms with Crippen molar-refractivity contribution in [3.63, 3.8) is 0 Å². The van der Waals surface area contributed by atoms with Gasteiger partial charge in [-0.15, -0.1) is 0 Å². The molecule has 1 aromatic carbocycles. The van der Waals surface area contributed by atoms with Crippen LogP contribution in [0.3, 0.4) is 0 Å². The Kier molecular flexibility index (Phi) is 2.57. The van der Waals surface area contributed by atoms with E-state index in [0.29, 0.717) is 0 Å². The van der Waals surface area contributed by atoms with Gasteiger partial charge in [0.25, 0.3) is 0 Å². The zero-order valence-corrected chi connectivity index (χ0v) is 6.90. The third-order valence-corrected chi connectivity index (χ3v) is 2.26. The molecule has 0 fully saturated rings. The van der Waals surface area contributed by atoms with Crippen molar-refractivity contribution in [2.24, 2.45) is 0 Å². The third kappa shape index (κ3) is 1.56. The first-order valence-corrected chi connectivity index (χ1v) is 3.96. The fraction of sp³-hybridized carbons (Fsp3) is 0. The number of hydrogen-bond acceptors (Lipinski definition) is 3. The van der Waals surface area contributed by atoms with Crippen LogP contribution in [0.15, 0.2) is 35.4 Å². The van der Waals surface area contributed by atoms with E-state index in [2.05, 4.69) is 29.0 Å². The lowest BCUT2D eigenvalue weighted by Gasteiger charge is -2.08. The second-order valence-electron chi connectivity index (χ2n) is 2.09. The predicted molar refractivity (Wildman–Crippen MR) is 49.5 cm³/mol. The molecule has 11 heavy (non-hydrogen) atoms. The average Bonchev–Trinajstić information content (AvgIpc) is 2.05. The summed E-state index contributed by atoms with van der Waals surface area (Å²) in [5, 5.41) is 0. The van der Waals surface area contributed by atoms with Crippen molar-refractivity contribution >= 4 is 18.0 Å². The van der Waals surface area contributed by atoms with E-state index < -0.39 is 0 Å². The van der Waals surface area contributed by atoms with Gasteiger partial charge in [0.1, 0.15) is 0 Å². The maximum absolute atomic E-state index is 3.08. The molecule has 0 aromatic heterocycles. The largest absolute Gasteiger partial charge is 0.344 e. The Morgan fingerprint density at radius 1 is 1.18 bits per heavy atom. The van der Waals surface area contributed by atoms with Gasteiger partial charge in [-0.05, 0) is 29.7 Å². The summed E-state index contributed by atoms with van der Waals surface area (Å²) < 4.78 is 3.08. The highest BCUT2D eigenvalue weighted by atomic mass is 32.2. The van der Waals surface area contributed by atoms with Crippen LogP contribution >= 0.6 is 11.9 Å². The second kappa shape index (κ2) is 3.46. The van der Waals surface area contributed by atoms with Gasteiger partial charge < -0.3 is 10.9 Å². The predicted octanol–water partition coefficient (Wildman–Crippen LogP) is 2.43. The molecule has 1 heterocycles. The zero-order chi connectivity index (χ0) is 6.81. The molecule has 0 bridgehead atoms. The highest BCUT2D eigenvalue weighted by Gasteiger charge is 2.00. The lowest BCUT2D eigenvalue weighted by molar-refractivity contribution is 1.32. The van der Waals surface area contributed by atoms with E-state index in [1.54, 1.807) is 11.9 Å². The summed E-state index contributed by atoms with van der Waals surface area (Å²) in [5.74, 6) is 0. The lowest BCUT2D eigenvalue weighted by Crippen LogP contribution is -1.96. The Morgan fingerprint density at radius 2 is 2.00 bits per heavy atom. The average molecular weight is 166 g/mol. The van der Waals surface area contributed by atoms with E-state index in [1.807, 2.05) is 12.3 Å². The molecule has 0 amide bonds. The first-order valence-electron chi connectivity index (χ1n) is 3.15. The van der Waals surface area contributed by atoms with Gasteiger partial charge in [-0.3, -0.25) is 0 Å². The molecule has 1 aliphatic heterocycles. The molecule has 2 rings (SSSR count). The van der Waals surface area contributed by atoms with Gasteiger partial charge in [-0.1, -0.05) is 18.2 Å². The van der Waals surface area contributed by atoms with E-state index in [-0.39, 0.29) is 6.15 Å². The van der Waals surface area contributed by atoms with E-state index in [0.717, 1.165) is 0 Å². The van der Waals surface area contributed by atoms with Gasteiger partial charge >= 0.3 is 0 Å². The highest BCUT2D eigenvalue weighted by Crippen LogP contribution is 2.23. The summed E-state index contributed by atoms with van der Waals surface area (Å²) in [5.41, 5.74) is 1.30. The number of hydrogen-bond donors (Lipinski definition) is 2. The Balaban J connectivity index is 0.000000605. The van der Waals surface area contributed by atoms with E-state index >= 15 is 0 Å². The molecule has 1 aromatic rings. The van der Waals surface area contributed by atoms with Crippen LogP contribution in [-0.2, 0) is 0 Å². The number of benzene rings is 1. The SMILES string of the molecule is C1=Cc2ccccc2SN1.N. The maximum atomic E-state index is 3.08. The zero-order valence-electron chi connectivity index (χ0n) is 6.08. The molecular weight excluding hydrogens is 156 g/mol. The minimum absolute atomic E-state index is 0. The monoisotopic (exact) mass is 166 g/mol. The van der Waals surface area contributed by atoms with E-state index in [1.165, 1.54) is 10.5 Å². The number of fused-ring (bicyclic) bond motifs is 1. The third-order valence-electron chi connectivity index (χ3n) is 1.42. The summed E-state index contributed by atoms with van der Waals surface area (Å²) in [6.45, 7) is 0. The Labute approximate surface area is 70.4 Å². The van der Waals surface area contributed by atoms with Crippen LogP contribution in [0.2, 0.25) is 0 Å². The maximum Gasteiger partial charge on any atom is 0.0357 e. The first-order chi connectivity index (χ1) is 4.97. The van der Waals surface area contributed by atoms with Crippen molar-refractivity contribution in [1.29, 1.82) is 0 Å². The highest BCUT2D eigenvalue weighted by molar-refractivity contribution is 7.97. The van der Waals surface area contributed by atoms with Crippen LogP contribution in [0.25, 0.3) is 6.08 Å². The lowest BCUT2D eigenvalue weighted by atomic mass is 10.2. The fourth-order valence-corrected chi connectivity index (χ4v) is 1.60. The second-order valence-corrected chi connectivity index (χ2v) is 2.97. The smallest absolute Gasteiger partial charge is 0.0357 e. The van der Waals surface area contributed by atoms with Crippen molar-refractivity contribution in [3.8, 4) is 0 Å². The van der Waals surface area contributed by atoms with Crippen LogP contribution in [0.5, 0.6) is 0 Å². The molecule has 0 unspecified atom stereocenters. The van der Waals surface area contributed by atoms with Crippen LogP contribution < -0.4 is 10.9 Å². The molecule has 0 spiro atoms. The van der Waals surface area contributed by atoms with Crippen LogP contribution in [0.1, 0.15) is 5.56 Å². The Hall–Kier alpha value is -0.930. The molecule has 3 heteroatoms. The Morgan fingerprint density at radius 3 is 2.82 bits per heavy atom. The molecule has 4 N–H and O–H groups in total. The molecule has 2 nitrogen and oxygen atoms in total. The minimum Gasteiger partial charge on any atom is -0.344 e. The standard InChI is InChI=1S/C8H7NS.H3N/c1-2-4-8-7(3-1)5-6-9-10-8;/h1-6,9H;1H3. The summed E-state index contributed by atoms with van der Waals surface area (Å²) >= 11 is 1.65.